The maximum atomic E-state index is 12.3. The zero-order valence-electron chi connectivity index (χ0n) is 13.0. The second-order valence-electron chi connectivity index (χ2n) is 6.28. The minimum absolute atomic E-state index is 0.0491. The van der Waals surface area contributed by atoms with E-state index in [1.54, 1.807) is 19.1 Å². The van der Waals surface area contributed by atoms with E-state index in [4.69, 9.17) is 13.7 Å². The maximum Gasteiger partial charge on any atom is 0.289 e. The molecule has 4 rings (SSSR count). The summed E-state index contributed by atoms with van der Waals surface area (Å²) in [5.74, 6) is 1.54. The molecule has 7 heteroatoms. The maximum absolute atomic E-state index is 12.3. The SMILES string of the molecule is Cc1noc([C@H]2CCC3(CCN(C(=O)c4ccco4)CC3)O2)n1. The third-order valence-electron chi connectivity index (χ3n) is 4.77. The minimum Gasteiger partial charge on any atom is -0.459 e. The number of aryl methyl sites for hydroxylation is 1. The van der Waals surface area contributed by atoms with Crippen LogP contribution in [-0.2, 0) is 4.74 Å². The second-order valence-corrected chi connectivity index (χ2v) is 6.28. The summed E-state index contributed by atoms with van der Waals surface area (Å²) in [6.45, 7) is 3.15. The zero-order valence-corrected chi connectivity index (χ0v) is 13.0. The highest BCUT2D eigenvalue weighted by molar-refractivity contribution is 5.91. The number of hydrogen-bond acceptors (Lipinski definition) is 6. The highest BCUT2D eigenvalue weighted by Gasteiger charge is 2.45. The first-order valence-corrected chi connectivity index (χ1v) is 7.96. The van der Waals surface area contributed by atoms with Crippen LogP contribution in [0.1, 0.15) is 54.1 Å². The van der Waals surface area contributed by atoms with Gasteiger partial charge in [0.2, 0.25) is 0 Å². The number of piperidine rings is 1. The van der Waals surface area contributed by atoms with Crippen LogP contribution < -0.4 is 0 Å². The molecule has 2 aliphatic heterocycles. The topological polar surface area (TPSA) is 81.6 Å². The molecule has 2 aliphatic rings. The Morgan fingerprint density at radius 1 is 1.35 bits per heavy atom. The molecule has 2 fully saturated rings. The molecular formula is C16H19N3O4. The summed E-state index contributed by atoms with van der Waals surface area (Å²) in [7, 11) is 0. The third-order valence-corrected chi connectivity index (χ3v) is 4.77. The van der Waals surface area contributed by atoms with Gasteiger partial charge in [-0.1, -0.05) is 5.16 Å². The number of furan rings is 1. The van der Waals surface area contributed by atoms with Crippen molar-refractivity contribution in [3.63, 3.8) is 0 Å². The van der Waals surface area contributed by atoms with Crippen molar-refractivity contribution < 1.29 is 18.5 Å². The first-order chi connectivity index (χ1) is 11.2. The Kier molecular flexibility index (Phi) is 3.45. The molecule has 0 aliphatic carbocycles. The normalized spacial score (nSPS) is 23.5. The van der Waals surface area contributed by atoms with Crippen LogP contribution in [0.4, 0.5) is 0 Å². The van der Waals surface area contributed by atoms with Crippen LogP contribution in [0.15, 0.2) is 27.3 Å². The van der Waals surface area contributed by atoms with Crippen LogP contribution in [-0.4, -0.2) is 39.6 Å². The summed E-state index contributed by atoms with van der Waals surface area (Å²) in [4.78, 5) is 18.4. The lowest BCUT2D eigenvalue weighted by molar-refractivity contribution is -0.0822. The number of nitrogens with zero attached hydrogens (tertiary/aromatic N) is 3. The Balaban J connectivity index is 1.39. The predicted octanol–water partition coefficient (Wildman–Crippen LogP) is 2.50. The Morgan fingerprint density at radius 2 is 2.17 bits per heavy atom. The van der Waals surface area contributed by atoms with Gasteiger partial charge in [0, 0.05) is 13.1 Å². The molecule has 4 heterocycles. The molecular weight excluding hydrogens is 298 g/mol. The van der Waals surface area contributed by atoms with E-state index in [1.807, 2.05) is 4.90 Å². The fourth-order valence-corrected chi connectivity index (χ4v) is 3.47. The first-order valence-electron chi connectivity index (χ1n) is 7.96. The molecule has 122 valence electrons. The van der Waals surface area contributed by atoms with Crippen molar-refractivity contribution in [3.05, 3.63) is 35.9 Å². The average molecular weight is 317 g/mol. The number of ether oxygens (including phenoxy) is 1. The molecule has 0 unspecified atom stereocenters. The van der Waals surface area contributed by atoms with Crippen LogP contribution in [0.2, 0.25) is 0 Å². The smallest absolute Gasteiger partial charge is 0.289 e. The van der Waals surface area contributed by atoms with Crippen molar-refractivity contribution in [2.75, 3.05) is 13.1 Å². The second kappa shape index (κ2) is 5.49. The van der Waals surface area contributed by atoms with Crippen LogP contribution in [0.3, 0.4) is 0 Å². The third kappa shape index (κ3) is 2.65. The fourth-order valence-electron chi connectivity index (χ4n) is 3.47. The largest absolute Gasteiger partial charge is 0.459 e. The van der Waals surface area contributed by atoms with E-state index < -0.39 is 0 Å². The summed E-state index contributed by atoms with van der Waals surface area (Å²) >= 11 is 0. The van der Waals surface area contributed by atoms with Crippen molar-refractivity contribution in [2.45, 2.75) is 44.3 Å². The fraction of sp³-hybridized carbons (Fsp3) is 0.562. The van der Waals surface area contributed by atoms with Gasteiger partial charge in [0.1, 0.15) is 6.10 Å². The summed E-state index contributed by atoms with van der Waals surface area (Å²) in [6.07, 6.45) is 4.89. The molecule has 0 aromatic carbocycles. The molecule has 7 nitrogen and oxygen atoms in total. The van der Waals surface area contributed by atoms with Crippen LogP contribution in [0.25, 0.3) is 0 Å². The van der Waals surface area contributed by atoms with Crippen LogP contribution >= 0.6 is 0 Å². The van der Waals surface area contributed by atoms with Crippen LogP contribution in [0.5, 0.6) is 0 Å². The molecule has 23 heavy (non-hydrogen) atoms. The summed E-state index contributed by atoms with van der Waals surface area (Å²) in [5.41, 5.74) is -0.174. The van der Waals surface area contributed by atoms with E-state index in [9.17, 15) is 4.79 Å². The average Bonchev–Trinajstić information content (AvgIpc) is 3.28. The highest BCUT2D eigenvalue weighted by Crippen LogP contribution is 2.44. The molecule has 2 aromatic rings. The molecule has 1 atom stereocenters. The van der Waals surface area contributed by atoms with Gasteiger partial charge < -0.3 is 18.6 Å². The number of hydrogen-bond donors (Lipinski definition) is 0. The summed E-state index contributed by atoms with van der Waals surface area (Å²) in [6, 6.07) is 3.43. The Labute approximate surface area is 133 Å². The van der Waals surface area contributed by atoms with Gasteiger partial charge in [0.15, 0.2) is 11.6 Å². The monoisotopic (exact) mass is 317 g/mol. The molecule has 0 radical (unpaired) electrons. The van der Waals surface area contributed by atoms with E-state index in [2.05, 4.69) is 10.1 Å². The summed E-state index contributed by atoms with van der Waals surface area (Å²) < 4.78 is 16.7. The molecule has 0 saturated carbocycles. The number of aromatic nitrogens is 2. The van der Waals surface area contributed by atoms with E-state index >= 15 is 0 Å². The Bertz CT molecular complexity index is 686. The van der Waals surface area contributed by atoms with E-state index in [0.717, 1.165) is 25.7 Å². The number of carbonyl (C=O) groups excluding carboxylic acids is 1. The van der Waals surface area contributed by atoms with Crippen molar-refractivity contribution in [1.29, 1.82) is 0 Å². The first kappa shape index (κ1) is 14.4. The van der Waals surface area contributed by atoms with E-state index in [0.29, 0.717) is 30.6 Å². The Hall–Kier alpha value is -2.15. The van der Waals surface area contributed by atoms with Crippen molar-refractivity contribution in [3.8, 4) is 0 Å². The van der Waals surface area contributed by atoms with Gasteiger partial charge in [0.25, 0.3) is 11.8 Å². The van der Waals surface area contributed by atoms with Gasteiger partial charge in [0.05, 0.1) is 11.9 Å². The summed E-state index contributed by atoms with van der Waals surface area (Å²) in [5, 5.41) is 3.83. The predicted molar refractivity (Wildman–Crippen MR) is 78.7 cm³/mol. The number of carbonyl (C=O) groups is 1. The molecule has 1 spiro atoms. The number of amides is 1. The lowest BCUT2D eigenvalue weighted by atomic mass is 9.88. The van der Waals surface area contributed by atoms with Gasteiger partial charge in [-0.3, -0.25) is 4.79 Å². The number of rotatable bonds is 2. The molecule has 2 saturated heterocycles. The van der Waals surface area contributed by atoms with Gasteiger partial charge in [-0.05, 0) is 44.7 Å². The van der Waals surface area contributed by atoms with Gasteiger partial charge in [-0.15, -0.1) is 0 Å². The molecule has 1 amide bonds. The number of likely N-dealkylation sites (tertiary alicyclic amines) is 1. The van der Waals surface area contributed by atoms with Crippen LogP contribution in [0, 0.1) is 6.92 Å². The van der Waals surface area contributed by atoms with Gasteiger partial charge in [-0.25, -0.2) is 0 Å². The minimum atomic E-state index is -0.174. The van der Waals surface area contributed by atoms with Crippen molar-refractivity contribution in [2.24, 2.45) is 0 Å². The van der Waals surface area contributed by atoms with Gasteiger partial charge >= 0.3 is 0 Å². The van der Waals surface area contributed by atoms with E-state index in [-0.39, 0.29) is 17.6 Å². The molecule has 0 bridgehead atoms. The standard InChI is InChI=1S/C16H19N3O4/c1-11-17-14(23-18-11)12-4-5-16(22-12)6-8-19(9-7-16)15(20)13-3-2-10-21-13/h2-3,10,12H,4-9H2,1H3/t12-/m1/s1. The lowest BCUT2D eigenvalue weighted by Gasteiger charge is -2.38. The molecule has 2 aromatic heterocycles. The Morgan fingerprint density at radius 3 is 2.83 bits per heavy atom. The van der Waals surface area contributed by atoms with Gasteiger partial charge in [-0.2, -0.15) is 4.98 Å². The van der Waals surface area contributed by atoms with E-state index in [1.165, 1.54) is 6.26 Å². The highest BCUT2D eigenvalue weighted by atomic mass is 16.5. The lowest BCUT2D eigenvalue weighted by Crippen LogP contribution is -2.46. The van der Waals surface area contributed by atoms with Crippen molar-refractivity contribution in [1.82, 2.24) is 15.0 Å². The molecule has 0 N–H and O–H groups in total. The van der Waals surface area contributed by atoms with Crippen molar-refractivity contribution >= 4 is 5.91 Å². The quantitative estimate of drug-likeness (QED) is 0.846. The zero-order chi connectivity index (χ0) is 15.9.